The van der Waals surface area contributed by atoms with Crippen molar-refractivity contribution in [2.75, 3.05) is 12.8 Å². The van der Waals surface area contributed by atoms with E-state index in [1.54, 1.807) is 17.8 Å². The normalized spacial score (nSPS) is 21.5. The molecule has 1 aromatic rings. The molecule has 1 aromatic carbocycles. The molecule has 1 aliphatic heterocycles. The lowest BCUT2D eigenvalue weighted by atomic mass is 10.1. The Kier molecular flexibility index (Phi) is 6.02. The molecule has 2 rings (SSSR count). The zero-order valence-electron chi connectivity index (χ0n) is 12.1. The van der Waals surface area contributed by atoms with Gasteiger partial charge in [0.1, 0.15) is 11.9 Å². The zero-order valence-corrected chi connectivity index (χ0v) is 12.9. The fourth-order valence-electron chi connectivity index (χ4n) is 2.42. The number of ether oxygens (including phenoxy) is 1. The number of nitrogens with one attached hydrogen (secondary N) is 1. The molecular formula is C15H21FN2O2S. The number of hydrogen-bond acceptors (Lipinski definition) is 4. The molecule has 6 heteroatoms. The van der Waals surface area contributed by atoms with Gasteiger partial charge in [-0.3, -0.25) is 4.79 Å². The number of nitrogens with two attached hydrogens (primary N) is 1. The van der Waals surface area contributed by atoms with E-state index >= 15 is 0 Å². The standard InChI is InChI=1S/C15H21FN2O2S/c1-21-9-11-6-12(16)3-2-10(11)8-18-15(19)14-5-4-13(7-17)20-14/h2-3,6,13-14H,4-5,7-9,17H2,1H3,(H,18,19)/t13-,14+/m1/s1. The Balaban J connectivity index is 1.92. The lowest BCUT2D eigenvalue weighted by Gasteiger charge is -2.14. The lowest BCUT2D eigenvalue weighted by molar-refractivity contribution is -0.132. The number of thioether (sulfide) groups is 1. The minimum atomic E-state index is -0.414. The second-order valence-corrected chi connectivity index (χ2v) is 5.99. The van der Waals surface area contributed by atoms with Gasteiger partial charge in [0.15, 0.2) is 0 Å². The third kappa shape index (κ3) is 4.43. The summed E-state index contributed by atoms with van der Waals surface area (Å²) in [4.78, 5) is 12.1. The molecule has 0 bridgehead atoms. The number of halogens is 1. The summed E-state index contributed by atoms with van der Waals surface area (Å²) in [5.41, 5.74) is 7.38. The molecule has 0 unspecified atom stereocenters. The number of amides is 1. The Bertz CT molecular complexity index is 499. The van der Waals surface area contributed by atoms with Gasteiger partial charge >= 0.3 is 0 Å². The Hall–Kier alpha value is -1.11. The van der Waals surface area contributed by atoms with E-state index in [9.17, 15) is 9.18 Å². The van der Waals surface area contributed by atoms with Crippen molar-refractivity contribution in [1.82, 2.24) is 5.32 Å². The number of carbonyl (C=O) groups excluding carboxylic acids is 1. The summed E-state index contributed by atoms with van der Waals surface area (Å²) in [7, 11) is 0. The first-order chi connectivity index (χ1) is 10.1. The van der Waals surface area contributed by atoms with E-state index < -0.39 is 6.10 Å². The summed E-state index contributed by atoms with van der Waals surface area (Å²) in [5.74, 6) is 0.349. The molecule has 0 aromatic heterocycles. The van der Waals surface area contributed by atoms with E-state index in [-0.39, 0.29) is 17.8 Å². The summed E-state index contributed by atoms with van der Waals surface area (Å²) < 4.78 is 18.8. The van der Waals surface area contributed by atoms with Gasteiger partial charge in [0, 0.05) is 18.8 Å². The highest BCUT2D eigenvalue weighted by Gasteiger charge is 2.29. The molecule has 3 N–H and O–H groups in total. The van der Waals surface area contributed by atoms with Crippen molar-refractivity contribution >= 4 is 17.7 Å². The van der Waals surface area contributed by atoms with E-state index in [4.69, 9.17) is 10.5 Å². The minimum absolute atomic E-state index is 0.0152. The maximum atomic E-state index is 13.3. The van der Waals surface area contributed by atoms with Crippen LogP contribution in [0.4, 0.5) is 4.39 Å². The first kappa shape index (κ1) is 16.3. The molecule has 1 fully saturated rings. The summed E-state index contributed by atoms with van der Waals surface area (Å²) in [5, 5.41) is 2.87. The van der Waals surface area contributed by atoms with Crippen molar-refractivity contribution in [2.24, 2.45) is 5.73 Å². The van der Waals surface area contributed by atoms with Gasteiger partial charge in [0.25, 0.3) is 0 Å². The smallest absolute Gasteiger partial charge is 0.249 e. The van der Waals surface area contributed by atoms with E-state index in [2.05, 4.69) is 5.32 Å². The predicted octanol–water partition coefficient (Wildman–Crippen LogP) is 1.81. The Morgan fingerprint density at radius 2 is 2.29 bits per heavy atom. The fourth-order valence-corrected chi connectivity index (χ4v) is 3.00. The van der Waals surface area contributed by atoms with Crippen LogP contribution in [-0.4, -0.2) is 30.9 Å². The van der Waals surface area contributed by atoms with Crippen LogP contribution < -0.4 is 11.1 Å². The minimum Gasteiger partial charge on any atom is -0.364 e. The van der Waals surface area contributed by atoms with Gasteiger partial charge in [-0.25, -0.2) is 4.39 Å². The summed E-state index contributed by atoms with van der Waals surface area (Å²) in [6.07, 6.45) is 3.06. The van der Waals surface area contributed by atoms with Crippen LogP contribution >= 0.6 is 11.8 Å². The van der Waals surface area contributed by atoms with Crippen LogP contribution in [0.1, 0.15) is 24.0 Å². The van der Waals surface area contributed by atoms with Crippen LogP contribution in [0, 0.1) is 5.82 Å². The van der Waals surface area contributed by atoms with Crippen molar-refractivity contribution in [3.8, 4) is 0 Å². The van der Waals surface area contributed by atoms with Crippen molar-refractivity contribution in [2.45, 2.75) is 37.3 Å². The molecule has 1 saturated heterocycles. The zero-order chi connectivity index (χ0) is 15.2. The van der Waals surface area contributed by atoms with Crippen molar-refractivity contribution in [3.63, 3.8) is 0 Å². The predicted molar refractivity (Wildman–Crippen MR) is 82.4 cm³/mol. The van der Waals surface area contributed by atoms with Crippen LogP contribution in [-0.2, 0) is 21.8 Å². The SMILES string of the molecule is CSCc1cc(F)ccc1CNC(=O)[C@@H]1CC[C@H](CN)O1. The molecule has 0 saturated carbocycles. The summed E-state index contributed by atoms with van der Waals surface area (Å²) in [6.45, 7) is 0.835. The third-order valence-electron chi connectivity index (χ3n) is 3.58. The van der Waals surface area contributed by atoms with Crippen LogP contribution in [0.5, 0.6) is 0 Å². The van der Waals surface area contributed by atoms with E-state index in [1.807, 2.05) is 6.26 Å². The third-order valence-corrected chi connectivity index (χ3v) is 4.18. The van der Waals surface area contributed by atoms with E-state index in [0.29, 0.717) is 19.5 Å². The molecule has 116 valence electrons. The van der Waals surface area contributed by atoms with Crippen LogP contribution in [0.25, 0.3) is 0 Å². The molecule has 1 aliphatic rings. The maximum absolute atomic E-state index is 13.3. The Morgan fingerprint density at radius 3 is 2.95 bits per heavy atom. The van der Waals surface area contributed by atoms with Gasteiger partial charge in [-0.2, -0.15) is 11.8 Å². The van der Waals surface area contributed by atoms with Crippen LogP contribution in [0.3, 0.4) is 0 Å². The first-order valence-electron chi connectivity index (χ1n) is 7.03. The highest BCUT2D eigenvalue weighted by atomic mass is 32.2. The second kappa shape index (κ2) is 7.77. The fraction of sp³-hybridized carbons (Fsp3) is 0.533. The lowest BCUT2D eigenvalue weighted by Crippen LogP contribution is -2.35. The van der Waals surface area contributed by atoms with Crippen LogP contribution in [0.2, 0.25) is 0 Å². The first-order valence-corrected chi connectivity index (χ1v) is 8.43. The maximum Gasteiger partial charge on any atom is 0.249 e. The quantitative estimate of drug-likeness (QED) is 0.841. The van der Waals surface area contributed by atoms with Crippen LogP contribution in [0.15, 0.2) is 18.2 Å². The average molecular weight is 312 g/mol. The van der Waals surface area contributed by atoms with Crippen molar-refractivity contribution < 1.29 is 13.9 Å². The monoisotopic (exact) mass is 312 g/mol. The molecule has 0 radical (unpaired) electrons. The number of carbonyl (C=O) groups is 1. The van der Waals surface area contributed by atoms with Gasteiger partial charge < -0.3 is 15.8 Å². The van der Waals surface area contributed by atoms with Gasteiger partial charge in [0.2, 0.25) is 5.91 Å². The number of benzene rings is 1. The second-order valence-electron chi connectivity index (χ2n) is 5.12. The summed E-state index contributed by atoms with van der Waals surface area (Å²) in [6, 6.07) is 4.66. The topological polar surface area (TPSA) is 64.4 Å². The van der Waals surface area contributed by atoms with Gasteiger partial charge in [-0.15, -0.1) is 0 Å². The van der Waals surface area contributed by atoms with Crippen molar-refractivity contribution in [3.05, 3.63) is 35.1 Å². The van der Waals surface area contributed by atoms with E-state index in [0.717, 1.165) is 23.3 Å². The molecule has 1 amide bonds. The van der Waals surface area contributed by atoms with E-state index in [1.165, 1.54) is 12.1 Å². The molecule has 4 nitrogen and oxygen atoms in total. The average Bonchev–Trinajstić information content (AvgIpc) is 2.95. The molecule has 0 aliphatic carbocycles. The number of hydrogen-bond donors (Lipinski definition) is 2. The molecule has 21 heavy (non-hydrogen) atoms. The number of rotatable bonds is 6. The largest absolute Gasteiger partial charge is 0.364 e. The molecule has 1 heterocycles. The molecule has 0 spiro atoms. The van der Waals surface area contributed by atoms with Gasteiger partial charge in [-0.05, 0) is 42.4 Å². The Morgan fingerprint density at radius 1 is 1.48 bits per heavy atom. The molecular weight excluding hydrogens is 291 g/mol. The molecule has 2 atom stereocenters. The highest BCUT2D eigenvalue weighted by molar-refractivity contribution is 7.97. The van der Waals surface area contributed by atoms with Crippen molar-refractivity contribution in [1.29, 1.82) is 0 Å². The van der Waals surface area contributed by atoms with Gasteiger partial charge in [-0.1, -0.05) is 6.07 Å². The Labute approximate surface area is 128 Å². The van der Waals surface area contributed by atoms with Gasteiger partial charge in [0.05, 0.1) is 6.10 Å². The summed E-state index contributed by atoms with van der Waals surface area (Å²) >= 11 is 1.62. The highest BCUT2D eigenvalue weighted by Crippen LogP contribution is 2.20.